The standard InChI is InChI=1S/C17H15ClO2/c1-20-17-7-6-13(18)10-15(17)16(19)9-12-8-11-4-2-3-5-14(11)12/h2-7,10,12H,8-9H2,1H3. The molecule has 2 aromatic carbocycles. The van der Waals surface area contributed by atoms with Gasteiger partial charge in [0.2, 0.25) is 0 Å². The number of carbonyl (C=O) groups excluding carboxylic acids is 1. The number of methoxy groups -OCH3 is 1. The summed E-state index contributed by atoms with van der Waals surface area (Å²) in [6.45, 7) is 0. The van der Waals surface area contributed by atoms with Gasteiger partial charge in [0, 0.05) is 11.4 Å². The predicted molar refractivity (Wildman–Crippen MR) is 79.8 cm³/mol. The molecule has 0 spiro atoms. The summed E-state index contributed by atoms with van der Waals surface area (Å²) < 4.78 is 5.24. The summed E-state index contributed by atoms with van der Waals surface area (Å²) in [5.41, 5.74) is 3.22. The third-order valence-electron chi connectivity index (χ3n) is 3.85. The summed E-state index contributed by atoms with van der Waals surface area (Å²) in [5, 5.41) is 0.558. The Morgan fingerprint density at radius 1 is 1.30 bits per heavy atom. The quantitative estimate of drug-likeness (QED) is 0.785. The number of Topliss-reactive ketones (excluding diaryl/α,β-unsaturated/α-hetero) is 1. The molecule has 0 saturated carbocycles. The largest absolute Gasteiger partial charge is 0.496 e. The molecule has 0 heterocycles. The smallest absolute Gasteiger partial charge is 0.167 e. The Hall–Kier alpha value is -1.80. The third kappa shape index (κ3) is 2.32. The van der Waals surface area contributed by atoms with E-state index in [1.807, 2.05) is 12.1 Å². The van der Waals surface area contributed by atoms with Crippen molar-refractivity contribution in [1.29, 1.82) is 0 Å². The summed E-state index contributed by atoms with van der Waals surface area (Å²) in [5.74, 6) is 0.998. The van der Waals surface area contributed by atoms with Gasteiger partial charge in [-0.05, 0) is 41.7 Å². The van der Waals surface area contributed by atoms with Gasteiger partial charge in [-0.25, -0.2) is 0 Å². The zero-order valence-corrected chi connectivity index (χ0v) is 12.0. The van der Waals surface area contributed by atoms with Gasteiger partial charge >= 0.3 is 0 Å². The minimum absolute atomic E-state index is 0.0869. The minimum atomic E-state index is 0.0869. The molecule has 0 N–H and O–H groups in total. The fourth-order valence-electron chi connectivity index (χ4n) is 2.78. The van der Waals surface area contributed by atoms with Gasteiger partial charge in [-0.15, -0.1) is 0 Å². The Morgan fingerprint density at radius 3 is 2.85 bits per heavy atom. The van der Waals surface area contributed by atoms with E-state index >= 15 is 0 Å². The lowest BCUT2D eigenvalue weighted by Crippen LogP contribution is -2.20. The topological polar surface area (TPSA) is 26.3 Å². The summed E-state index contributed by atoms with van der Waals surface area (Å²) in [7, 11) is 1.57. The second-order valence-electron chi connectivity index (χ2n) is 5.07. The first kappa shape index (κ1) is 13.2. The molecule has 1 unspecified atom stereocenters. The molecule has 1 aliphatic rings. The Bertz CT molecular complexity index is 664. The van der Waals surface area contributed by atoms with Crippen LogP contribution in [-0.2, 0) is 6.42 Å². The van der Waals surface area contributed by atoms with Gasteiger partial charge in [-0.1, -0.05) is 35.9 Å². The molecule has 2 aromatic rings. The number of rotatable bonds is 4. The van der Waals surface area contributed by atoms with Crippen LogP contribution in [0.15, 0.2) is 42.5 Å². The van der Waals surface area contributed by atoms with Crippen molar-refractivity contribution >= 4 is 17.4 Å². The van der Waals surface area contributed by atoms with Gasteiger partial charge in [0.1, 0.15) is 5.75 Å². The number of carbonyl (C=O) groups is 1. The summed E-state index contributed by atoms with van der Waals surface area (Å²) >= 11 is 5.98. The summed E-state index contributed by atoms with van der Waals surface area (Å²) in [6, 6.07) is 13.4. The Labute approximate surface area is 123 Å². The molecule has 0 aliphatic heterocycles. The number of hydrogen-bond acceptors (Lipinski definition) is 2. The van der Waals surface area contributed by atoms with E-state index in [1.165, 1.54) is 11.1 Å². The van der Waals surface area contributed by atoms with Crippen molar-refractivity contribution < 1.29 is 9.53 Å². The Morgan fingerprint density at radius 2 is 2.10 bits per heavy atom. The first-order valence-electron chi connectivity index (χ1n) is 6.63. The first-order valence-corrected chi connectivity index (χ1v) is 7.01. The minimum Gasteiger partial charge on any atom is -0.496 e. The van der Waals surface area contributed by atoms with E-state index in [9.17, 15) is 4.79 Å². The molecule has 20 heavy (non-hydrogen) atoms. The molecule has 0 bridgehead atoms. The van der Waals surface area contributed by atoms with Crippen molar-refractivity contribution in [2.24, 2.45) is 0 Å². The van der Waals surface area contributed by atoms with Crippen LogP contribution in [0.2, 0.25) is 5.02 Å². The van der Waals surface area contributed by atoms with Crippen molar-refractivity contribution in [1.82, 2.24) is 0 Å². The van der Waals surface area contributed by atoms with Crippen LogP contribution in [0.4, 0.5) is 0 Å². The van der Waals surface area contributed by atoms with E-state index in [0.717, 1.165) is 6.42 Å². The van der Waals surface area contributed by atoms with Gasteiger partial charge in [0.15, 0.2) is 5.78 Å². The molecular weight excluding hydrogens is 272 g/mol. The molecule has 2 nitrogen and oxygen atoms in total. The van der Waals surface area contributed by atoms with Gasteiger partial charge < -0.3 is 4.74 Å². The highest BCUT2D eigenvalue weighted by molar-refractivity contribution is 6.31. The second-order valence-corrected chi connectivity index (χ2v) is 5.51. The van der Waals surface area contributed by atoms with Crippen molar-refractivity contribution in [3.8, 4) is 5.75 Å². The highest BCUT2D eigenvalue weighted by Crippen LogP contribution is 2.38. The van der Waals surface area contributed by atoms with Crippen LogP contribution >= 0.6 is 11.6 Å². The molecule has 1 atom stereocenters. The SMILES string of the molecule is COc1ccc(Cl)cc1C(=O)CC1Cc2ccccc21. The van der Waals surface area contributed by atoms with Crippen LogP contribution in [0.25, 0.3) is 0 Å². The maximum absolute atomic E-state index is 12.5. The molecule has 0 radical (unpaired) electrons. The van der Waals surface area contributed by atoms with Crippen LogP contribution in [0.1, 0.15) is 33.8 Å². The number of hydrogen-bond donors (Lipinski definition) is 0. The Kier molecular flexibility index (Phi) is 3.49. The zero-order chi connectivity index (χ0) is 14.1. The molecule has 0 aromatic heterocycles. The third-order valence-corrected chi connectivity index (χ3v) is 4.09. The Balaban J connectivity index is 1.80. The number of halogens is 1. The van der Waals surface area contributed by atoms with Crippen LogP contribution in [0, 0.1) is 0 Å². The molecule has 0 saturated heterocycles. The molecule has 3 rings (SSSR count). The van der Waals surface area contributed by atoms with Crippen molar-refractivity contribution in [3.63, 3.8) is 0 Å². The van der Waals surface area contributed by atoms with Crippen LogP contribution in [-0.4, -0.2) is 12.9 Å². The van der Waals surface area contributed by atoms with Crippen LogP contribution in [0.5, 0.6) is 5.75 Å². The maximum Gasteiger partial charge on any atom is 0.167 e. The van der Waals surface area contributed by atoms with E-state index in [0.29, 0.717) is 28.7 Å². The summed E-state index contributed by atoms with van der Waals surface area (Å²) in [4.78, 5) is 12.5. The predicted octanol–water partition coefficient (Wildman–Crippen LogP) is 4.26. The fraction of sp³-hybridized carbons (Fsp3) is 0.235. The first-order chi connectivity index (χ1) is 9.69. The maximum atomic E-state index is 12.5. The van der Waals surface area contributed by atoms with E-state index < -0.39 is 0 Å². The lowest BCUT2D eigenvalue weighted by atomic mass is 9.74. The molecule has 0 fully saturated rings. The number of ether oxygens (including phenoxy) is 1. The molecular formula is C17H15ClO2. The fourth-order valence-corrected chi connectivity index (χ4v) is 2.95. The van der Waals surface area contributed by atoms with Crippen molar-refractivity contribution in [2.75, 3.05) is 7.11 Å². The normalized spacial score (nSPS) is 16.2. The monoisotopic (exact) mass is 286 g/mol. The van der Waals surface area contributed by atoms with Crippen molar-refractivity contribution in [3.05, 3.63) is 64.2 Å². The summed E-state index contributed by atoms with van der Waals surface area (Å²) in [6.07, 6.45) is 1.48. The molecule has 102 valence electrons. The average Bonchev–Trinajstić information content (AvgIpc) is 2.44. The van der Waals surface area contributed by atoms with E-state index in [1.54, 1.807) is 25.3 Å². The number of fused-ring (bicyclic) bond motifs is 1. The van der Waals surface area contributed by atoms with Crippen molar-refractivity contribution in [2.45, 2.75) is 18.8 Å². The lowest BCUT2D eigenvalue weighted by molar-refractivity contribution is 0.0967. The number of benzene rings is 2. The van der Waals surface area contributed by atoms with Gasteiger partial charge in [0.05, 0.1) is 12.7 Å². The van der Waals surface area contributed by atoms with E-state index in [-0.39, 0.29) is 5.78 Å². The van der Waals surface area contributed by atoms with E-state index in [2.05, 4.69) is 12.1 Å². The highest BCUT2D eigenvalue weighted by atomic mass is 35.5. The zero-order valence-electron chi connectivity index (χ0n) is 11.2. The average molecular weight is 287 g/mol. The van der Waals surface area contributed by atoms with Crippen LogP contribution in [0.3, 0.4) is 0 Å². The molecule has 3 heteroatoms. The highest BCUT2D eigenvalue weighted by Gasteiger charge is 2.28. The van der Waals surface area contributed by atoms with Gasteiger partial charge in [0.25, 0.3) is 0 Å². The molecule has 1 aliphatic carbocycles. The van der Waals surface area contributed by atoms with E-state index in [4.69, 9.17) is 16.3 Å². The second kappa shape index (κ2) is 5.29. The van der Waals surface area contributed by atoms with Gasteiger partial charge in [-0.2, -0.15) is 0 Å². The van der Waals surface area contributed by atoms with Gasteiger partial charge in [-0.3, -0.25) is 4.79 Å². The molecule has 0 amide bonds. The lowest BCUT2D eigenvalue weighted by Gasteiger charge is -2.29. The number of ketones is 1. The van der Waals surface area contributed by atoms with Crippen LogP contribution < -0.4 is 4.74 Å².